The number of phenols is 1. The van der Waals surface area contributed by atoms with Crippen LogP contribution in [0.5, 0.6) is 5.75 Å². The summed E-state index contributed by atoms with van der Waals surface area (Å²) in [5.41, 5.74) is 7.04. The molecule has 0 aliphatic heterocycles. The van der Waals surface area contributed by atoms with E-state index in [1.54, 1.807) is 12.1 Å². The molecule has 1 unspecified atom stereocenters. The SMILES string of the molecule is CC(=O)N[C@@H](Cc1ccc(O)cc1)C(=O)NC(Cc1ccccc1)C(N)=O. The zero-order valence-corrected chi connectivity index (χ0v) is 15.0. The van der Waals surface area contributed by atoms with Crippen LogP contribution >= 0.6 is 0 Å². The van der Waals surface area contributed by atoms with Gasteiger partial charge in [-0.1, -0.05) is 42.5 Å². The standard InChI is InChI=1S/C20H23N3O4/c1-13(24)22-18(12-15-7-9-16(25)10-8-15)20(27)23-17(19(21)26)11-14-5-3-2-4-6-14/h2-10,17-18,25H,11-12H2,1H3,(H2,21,26)(H,22,24)(H,23,27)/t17?,18-/m0/s1. The molecule has 0 spiro atoms. The van der Waals surface area contributed by atoms with E-state index < -0.39 is 23.9 Å². The number of primary amides is 1. The lowest BCUT2D eigenvalue weighted by atomic mass is 10.0. The maximum Gasteiger partial charge on any atom is 0.243 e. The Morgan fingerprint density at radius 3 is 2.00 bits per heavy atom. The van der Waals surface area contributed by atoms with E-state index >= 15 is 0 Å². The molecule has 0 aliphatic rings. The fourth-order valence-corrected chi connectivity index (χ4v) is 2.67. The Balaban J connectivity index is 2.10. The molecule has 7 heteroatoms. The molecule has 0 bridgehead atoms. The maximum atomic E-state index is 12.7. The van der Waals surface area contributed by atoms with Crippen molar-refractivity contribution < 1.29 is 19.5 Å². The first-order chi connectivity index (χ1) is 12.8. The summed E-state index contributed by atoms with van der Waals surface area (Å²) in [5.74, 6) is -1.42. The lowest BCUT2D eigenvalue weighted by Gasteiger charge is -2.22. The summed E-state index contributed by atoms with van der Waals surface area (Å²) < 4.78 is 0. The molecule has 7 nitrogen and oxygen atoms in total. The van der Waals surface area contributed by atoms with Crippen LogP contribution in [0.15, 0.2) is 54.6 Å². The first kappa shape index (κ1) is 20.0. The summed E-state index contributed by atoms with van der Waals surface area (Å²) in [7, 11) is 0. The number of nitrogens with two attached hydrogens (primary N) is 1. The van der Waals surface area contributed by atoms with Crippen molar-refractivity contribution in [2.24, 2.45) is 5.73 Å². The van der Waals surface area contributed by atoms with E-state index in [1.807, 2.05) is 30.3 Å². The topological polar surface area (TPSA) is 122 Å². The van der Waals surface area contributed by atoms with E-state index in [1.165, 1.54) is 19.1 Å². The summed E-state index contributed by atoms with van der Waals surface area (Å²) in [5, 5.41) is 14.6. The quantitative estimate of drug-likeness (QED) is 0.546. The third kappa shape index (κ3) is 6.47. The third-order valence-electron chi connectivity index (χ3n) is 4.01. The highest BCUT2D eigenvalue weighted by Crippen LogP contribution is 2.12. The van der Waals surface area contributed by atoms with Crippen molar-refractivity contribution in [3.05, 3.63) is 65.7 Å². The van der Waals surface area contributed by atoms with Gasteiger partial charge in [0.15, 0.2) is 0 Å². The number of benzene rings is 2. The lowest BCUT2D eigenvalue weighted by Crippen LogP contribution is -2.54. The Labute approximate surface area is 157 Å². The summed E-state index contributed by atoms with van der Waals surface area (Å²) in [4.78, 5) is 35.9. The average Bonchev–Trinajstić information content (AvgIpc) is 2.62. The Morgan fingerprint density at radius 1 is 0.889 bits per heavy atom. The Bertz CT molecular complexity index is 791. The number of carbonyl (C=O) groups excluding carboxylic acids is 3. The molecule has 2 atom stereocenters. The van der Waals surface area contributed by atoms with E-state index in [0.29, 0.717) is 0 Å². The molecule has 2 rings (SSSR count). The smallest absolute Gasteiger partial charge is 0.243 e. The van der Waals surface area contributed by atoms with Gasteiger partial charge in [0.25, 0.3) is 0 Å². The number of nitrogens with one attached hydrogen (secondary N) is 2. The minimum Gasteiger partial charge on any atom is -0.508 e. The number of hydrogen-bond acceptors (Lipinski definition) is 4. The largest absolute Gasteiger partial charge is 0.508 e. The van der Waals surface area contributed by atoms with Gasteiger partial charge in [-0.25, -0.2) is 0 Å². The second-order valence-electron chi connectivity index (χ2n) is 6.28. The molecule has 142 valence electrons. The molecule has 2 aromatic rings. The predicted octanol–water partition coefficient (Wildman–Crippen LogP) is 0.652. The van der Waals surface area contributed by atoms with Crippen LogP contribution < -0.4 is 16.4 Å². The van der Waals surface area contributed by atoms with Gasteiger partial charge in [-0.2, -0.15) is 0 Å². The highest BCUT2D eigenvalue weighted by molar-refractivity contribution is 5.91. The van der Waals surface area contributed by atoms with Crippen molar-refractivity contribution in [1.82, 2.24) is 10.6 Å². The van der Waals surface area contributed by atoms with Gasteiger partial charge in [0.05, 0.1) is 0 Å². The monoisotopic (exact) mass is 369 g/mol. The maximum absolute atomic E-state index is 12.7. The molecular formula is C20H23N3O4. The van der Waals surface area contributed by atoms with Crippen molar-refractivity contribution in [2.75, 3.05) is 0 Å². The molecule has 3 amide bonds. The molecule has 27 heavy (non-hydrogen) atoms. The molecule has 0 aromatic heterocycles. The number of phenolic OH excluding ortho intramolecular Hbond substituents is 1. The zero-order chi connectivity index (χ0) is 19.8. The molecule has 5 N–H and O–H groups in total. The van der Waals surface area contributed by atoms with Gasteiger partial charge in [-0.15, -0.1) is 0 Å². The van der Waals surface area contributed by atoms with Crippen LogP contribution in [-0.4, -0.2) is 34.9 Å². The summed E-state index contributed by atoms with van der Waals surface area (Å²) in [6, 6.07) is 13.7. The Kier molecular flexibility index (Phi) is 6.93. The van der Waals surface area contributed by atoms with E-state index in [-0.39, 0.29) is 24.5 Å². The van der Waals surface area contributed by atoms with E-state index in [2.05, 4.69) is 10.6 Å². The minimum absolute atomic E-state index is 0.107. The number of amides is 3. The van der Waals surface area contributed by atoms with Gasteiger partial charge in [0.1, 0.15) is 17.8 Å². The van der Waals surface area contributed by atoms with Crippen LogP contribution in [0.25, 0.3) is 0 Å². The first-order valence-electron chi connectivity index (χ1n) is 8.54. The van der Waals surface area contributed by atoms with Crippen LogP contribution in [0.3, 0.4) is 0 Å². The highest BCUT2D eigenvalue weighted by Gasteiger charge is 2.25. The minimum atomic E-state index is -0.893. The summed E-state index contributed by atoms with van der Waals surface area (Å²) >= 11 is 0. The molecule has 2 aromatic carbocycles. The fourth-order valence-electron chi connectivity index (χ4n) is 2.67. The van der Waals surface area contributed by atoms with E-state index in [4.69, 9.17) is 5.73 Å². The fraction of sp³-hybridized carbons (Fsp3) is 0.250. The number of hydrogen-bond donors (Lipinski definition) is 4. The van der Waals surface area contributed by atoms with Gasteiger partial charge in [0.2, 0.25) is 17.7 Å². The normalized spacial score (nSPS) is 12.6. The second-order valence-corrected chi connectivity index (χ2v) is 6.28. The zero-order valence-electron chi connectivity index (χ0n) is 15.0. The van der Waals surface area contributed by atoms with Crippen molar-refractivity contribution >= 4 is 17.7 Å². The van der Waals surface area contributed by atoms with Crippen LogP contribution in [-0.2, 0) is 27.2 Å². The molecule has 0 saturated heterocycles. The van der Waals surface area contributed by atoms with Crippen LogP contribution in [0.4, 0.5) is 0 Å². The Hall–Kier alpha value is -3.35. The van der Waals surface area contributed by atoms with E-state index in [0.717, 1.165) is 11.1 Å². The van der Waals surface area contributed by atoms with E-state index in [9.17, 15) is 19.5 Å². The van der Waals surface area contributed by atoms with Crippen molar-refractivity contribution in [2.45, 2.75) is 31.8 Å². The number of carbonyl (C=O) groups is 3. The number of aromatic hydroxyl groups is 1. The van der Waals surface area contributed by atoms with Crippen LogP contribution in [0, 0.1) is 0 Å². The molecule has 0 heterocycles. The first-order valence-corrected chi connectivity index (χ1v) is 8.54. The van der Waals surface area contributed by atoms with Crippen LogP contribution in [0.1, 0.15) is 18.1 Å². The molecule has 0 radical (unpaired) electrons. The van der Waals surface area contributed by atoms with Gasteiger partial charge >= 0.3 is 0 Å². The van der Waals surface area contributed by atoms with Crippen molar-refractivity contribution in [3.8, 4) is 5.75 Å². The lowest BCUT2D eigenvalue weighted by molar-refractivity contribution is -0.130. The van der Waals surface area contributed by atoms with Crippen LogP contribution in [0.2, 0.25) is 0 Å². The van der Waals surface area contributed by atoms with Gasteiger partial charge < -0.3 is 21.5 Å². The molecular weight excluding hydrogens is 346 g/mol. The molecule has 0 saturated carbocycles. The summed E-state index contributed by atoms with van der Waals surface area (Å²) in [6.07, 6.45) is 0.469. The summed E-state index contributed by atoms with van der Waals surface area (Å²) in [6.45, 7) is 1.31. The third-order valence-corrected chi connectivity index (χ3v) is 4.01. The van der Waals surface area contributed by atoms with Crippen molar-refractivity contribution in [3.63, 3.8) is 0 Å². The number of rotatable bonds is 8. The average molecular weight is 369 g/mol. The molecule has 0 fully saturated rings. The molecule has 0 aliphatic carbocycles. The van der Waals surface area contributed by atoms with Crippen molar-refractivity contribution in [1.29, 1.82) is 0 Å². The van der Waals surface area contributed by atoms with Gasteiger partial charge in [-0.3, -0.25) is 14.4 Å². The second kappa shape index (κ2) is 9.38. The van der Waals surface area contributed by atoms with Gasteiger partial charge in [0, 0.05) is 19.8 Å². The predicted molar refractivity (Wildman–Crippen MR) is 101 cm³/mol. The van der Waals surface area contributed by atoms with Gasteiger partial charge in [-0.05, 0) is 23.3 Å². The Morgan fingerprint density at radius 2 is 1.44 bits per heavy atom. The highest BCUT2D eigenvalue weighted by atomic mass is 16.3.